The van der Waals surface area contributed by atoms with Crippen molar-refractivity contribution in [1.29, 1.82) is 0 Å². The molecule has 0 saturated heterocycles. The lowest BCUT2D eigenvalue weighted by Gasteiger charge is -1.97. The molecule has 3 heteroatoms. The van der Waals surface area contributed by atoms with Gasteiger partial charge < -0.3 is 14.0 Å². The number of hydrogen-bond donors (Lipinski definition) is 0. The van der Waals surface area contributed by atoms with Crippen LogP contribution in [0, 0.1) is 0 Å². The maximum atomic E-state index is 5.12. The van der Waals surface area contributed by atoms with Gasteiger partial charge in [0.05, 0.1) is 14.2 Å². The Hall–Kier alpha value is -1.12. The second kappa shape index (κ2) is 4.04. The summed E-state index contributed by atoms with van der Waals surface area (Å²) in [6.45, 7) is 3.14. The maximum absolute atomic E-state index is 5.12. The van der Waals surface area contributed by atoms with Gasteiger partial charge in [-0.3, -0.25) is 0 Å². The fourth-order valence-electron chi connectivity index (χ4n) is 1.16. The van der Waals surface area contributed by atoms with Gasteiger partial charge in [-0.2, -0.15) is 0 Å². The average Bonchev–Trinajstić information content (AvgIpc) is 2.48. The molecule has 1 heterocycles. The molecule has 0 N–H and O–H groups in total. The van der Waals surface area contributed by atoms with Crippen LogP contribution >= 0.6 is 0 Å². The third-order valence-electron chi connectivity index (χ3n) is 1.73. The minimum atomic E-state index is 0.797. The molecule has 0 amide bonds. The Morgan fingerprint density at radius 2 is 1.67 bits per heavy atom. The highest BCUT2D eigenvalue weighted by Crippen LogP contribution is 2.27. The van der Waals surface area contributed by atoms with E-state index in [2.05, 4.69) is 11.5 Å². The van der Waals surface area contributed by atoms with Gasteiger partial charge in [-0.05, 0) is 6.42 Å². The van der Waals surface area contributed by atoms with Crippen molar-refractivity contribution in [3.8, 4) is 11.5 Å². The summed E-state index contributed by atoms with van der Waals surface area (Å²) in [6.07, 6.45) is 5.01. The molecule has 0 bridgehead atoms. The van der Waals surface area contributed by atoms with Gasteiger partial charge in [0, 0.05) is 18.9 Å². The lowest BCUT2D eigenvalue weighted by Crippen LogP contribution is -1.91. The van der Waals surface area contributed by atoms with E-state index in [1.54, 1.807) is 14.2 Å². The Balaban J connectivity index is 2.81. The molecular formula is C9H15NO2. The van der Waals surface area contributed by atoms with Gasteiger partial charge in [0.2, 0.25) is 0 Å². The Labute approximate surface area is 72.9 Å². The van der Waals surface area contributed by atoms with Crippen LogP contribution in [0.2, 0.25) is 0 Å². The van der Waals surface area contributed by atoms with Gasteiger partial charge in [-0.25, -0.2) is 0 Å². The third-order valence-corrected chi connectivity index (χ3v) is 1.73. The molecule has 68 valence electrons. The van der Waals surface area contributed by atoms with Crippen molar-refractivity contribution in [2.24, 2.45) is 0 Å². The normalized spacial score (nSPS) is 9.92. The van der Waals surface area contributed by atoms with E-state index < -0.39 is 0 Å². The molecule has 3 nitrogen and oxygen atoms in total. The summed E-state index contributed by atoms with van der Waals surface area (Å²) in [5.41, 5.74) is 0. The van der Waals surface area contributed by atoms with Gasteiger partial charge >= 0.3 is 0 Å². The third kappa shape index (κ3) is 1.72. The van der Waals surface area contributed by atoms with Gasteiger partial charge in [0.1, 0.15) is 0 Å². The van der Waals surface area contributed by atoms with Gasteiger partial charge in [-0.15, -0.1) is 0 Å². The second-order valence-corrected chi connectivity index (χ2v) is 2.63. The first-order valence-electron chi connectivity index (χ1n) is 4.09. The summed E-state index contributed by atoms with van der Waals surface area (Å²) in [5, 5.41) is 0. The number of aromatic nitrogens is 1. The fraction of sp³-hybridized carbons (Fsp3) is 0.556. The van der Waals surface area contributed by atoms with Crippen LogP contribution in [0.25, 0.3) is 0 Å². The summed E-state index contributed by atoms with van der Waals surface area (Å²) in [4.78, 5) is 0. The van der Waals surface area contributed by atoms with Crippen molar-refractivity contribution >= 4 is 0 Å². The largest absolute Gasteiger partial charge is 0.491 e. The van der Waals surface area contributed by atoms with Crippen molar-refractivity contribution in [3.63, 3.8) is 0 Å². The molecule has 1 rings (SSSR count). The standard InChI is InChI=1S/C9H15NO2/c1-4-5-10-6-8(11-2)9(7-10)12-3/h6-7H,4-5H2,1-3H3. The van der Waals surface area contributed by atoms with Crippen LogP contribution in [0.15, 0.2) is 12.4 Å². The van der Waals surface area contributed by atoms with E-state index in [4.69, 9.17) is 9.47 Å². The van der Waals surface area contributed by atoms with E-state index in [0.717, 1.165) is 24.5 Å². The average molecular weight is 169 g/mol. The maximum Gasteiger partial charge on any atom is 0.178 e. The van der Waals surface area contributed by atoms with Crippen molar-refractivity contribution in [2.45, 2.75) is 19.9 Å². The molecule has 0 saturated carbocycles. The molecule has 0 radical (unpaired) electrons. The molecule has 0 unspecified atom stereocenters. The van der Waals surface area contributed by atoms with Crippen LogP contribution in [0.1, 0.15) is 13.3 Å². The summed E-state index contributed by atoms with van der Waals surface area (Å²) in [5.74, 6) is 1.59. The number of ether oxygens (including phenoxy) is 2. The lowest BCUT2D eigenvalue weighted by atomic mass is 10.5. The summed E-state index contributed by atoms with van der Waals surface area (Å²) >= 11 is 0. The number of nitrogens with zero attached hydrogens (tertiary/aromatic N) is 1. The molecule has 0 aliphatic rings. The molecule has 1 aromatic heterocycles. The zero-order chi connectivity index (χ0) is 8.97. The number of rotatable bonds is 4. The van der Waals surface area contributed by atoms with E-state index in [-0.39, 0.29) is 0 Å². The molecule has 0 aromatic carbocycles. The Morgan fingerprint density at radius 3 is 2.00 bits per heavy atom. The first kappa shape index (κ1) is 8.97. The minimum absolute atomic E-state index is 0.797. The minimum Gasteiger partial charge on any atom is -0.491 e. The van der Waals surface area contributed by atoms with E-state index >= 15 is 0 Å². The van der Waals surface area contributed by atoms with E-state index in [9.17, 15) is 0 Å². The topological polar surface area (TPSA) is 23.4 Å². The Morgan fingerprint density at radius 1 is 1.17 bits per heavy atom. The SMILES string of the molecule is CCCn1cc(OC)c(OC)c1. The monoisotopic (exact) mass is 169 g/mol. The van der Waals surface area contributed by atoms with Crippen molar-refractivity contribution in [2.75, 3.05) is 14.2 Å². The Kier molecular flexibility index (Phi) is 3.02. The number of hydrogen-bond acceptors (Lipinski definition) is 2. The summed E-state index contributed by atoms with van der Waals surface area (Å²) < 4.78 is 12.3. The molecule has 1 aromatic rings. The van der Waals surface area contributed by atoms with E-state index in [1.807, 2.05) is 12.4 Å². The van der Waals surface area contributed by atoms with Crippen LogP contribution in [0.3, 0.4) is 0 Å². The van der Waals surface area contributed by atoms with Crippen LogP contribution < -0.4 is 9.47 Å². The van der Waals surface area contributed by atoms with Gasteiger partial charge in [-0.1, -0.05) is 6.92 Å². The zero-order valence-corrected chi connectivity index (χ0v) is 7.83. The van der Waals surface area contributed by atoms with Gasteiger partial charge in [0.15, 0.2) is 11.5 Å². The molecule has 0 aliphatic heterocycles. The Bertz CT molecular complexity index is 221. The summed E-state index contributed by atoms with van der Waals surface area (Å²) in [7, 11) is 3.29. The van der Waals surface area contributed by atoms with Crippen LogP contribution in [-0.4, -0.2) is 18.8 Å². The first-order valence-corrected chi connectivity index (χ1v) is 4.09. The van der Waals surface area contributed by atoms with Crippen LogP contribution in [0.4, 0.5) is 0 Å². The second-order valence-electron chi connectivity index (χ2n) is 2.63. The fourth-order valence-corrected chi connectivity index (χ4v) is 1.16. The van der Waals surface area contributed by atoms with Crippen molar-refractivity contribution < 1.29 is 9.47 Å². The quantitative estimate of drug-likeness (QED) is 0.687. The molecular weight excluding hydrogens is 154 g/mol. The van der Waals surface area contributed by atoms with Crippen molar-refractivity contribution in [3.05, 3.63) is 12.4 Å². The highest BCUT2D eigenvalue weighted by Gasteiger charge is 2.05. The van der Waals surface area contributed by atoms with Crippen LogP contribution in [-0.2, 0) is 6.54 Å². The van der Waals surface area contributed by atoms with Crippen molar-refractivity contribution in [1.82, 2.24) is 4.57 Å². The summed E-state index contributed by atoms with van der Waals surface area (Å²) in [6, 6.07) is 0. The van der Waals surface area contributed by atoms with Crippen LogP contribution in [0.5, 0.6) is 11.5 Å². The highest BCUT2D eigenvalue weighted by atomic mass is 16.5. The lowest BCUT2D eigenvalue weighted by molar-refractivity contribution is 0.358. The molecule has 12 heavy (non-hydrogen) atoms. The number of methoxy groups -OCH3 is 2. The van der Waals surface area contributed by atoms with E-state index in [0.29, 0.717) is 0 Å². The smallest absolute Gasteiger partial charge is 0.178 e. The zero-order valence-electron chi connectivity index (χ0n) is 7.83. The predicted molar refractivity (Wildman–Crippen MR) is 47.8 cm³/mol. The number of aryl methyl sites for hydroxylation is 1. The highest BCUT2D eigenvalue weighted by molar-refractivity contribution is 5.37. The molecule has 0 atom stereocenters. The molecule has 0 spiro atoms. The molecule has 0 aliphatic carbocycles. The molecule has 0 fully saturated rings. The first-order chi connectivity index (χ1) is 5.81. The predicted octanol–water partition coefficient (Wildman–Crippen LogP) is 1.92. The van der Waals surface area contributed by atoms with E-state index in [1.165, 1.54) is 0 Å². The van der Waals surface area contributed by atoms with Gasteiger partial charge in [0.25, 0.3) is 0 Å².